The second-order valence-electron chi connectivity index (χ2n) is 3.69. The Morgan fingerprint density at radius 2 is 2.00 bits per heavy atom. The molecular formula is C13H17NO4. The molecule has 0 bridgehead atoms. The number of hydrogen-bond acceptors (Lipinski definition) is 4. The largest absolute Gasteiger partial charge is 0.477 e. The summed E-state index contributed by atoms with van der Waals surface area (Å²) in [6.07, 6.45) is -0.722. The number of benzene rings is 1. The summed E-state index contributed by atoms with van der Waals surface area (Å²) < 4.78 is 10.3. The van der Waals surface area contributed by atoms with Crippen LogP contribution in [0.5, 0.6) is 5.75 Å². The maximum Gasteiger partial charge on any atom is 0.347 e. The fraction of sp³-hybridized carbons (Fsp3) is 0.385. The Balaban J connectivity index is 2.77. The highest BCUT2D eigenvalue weighted by atomic mass is 16.6. The topological polar surface area (TPSA) is 64.6 Å². The van der Waals surface area contributed by atoms with E-state index in [0.717, 1.165) is 0 Å². The van der Waals surface area contributed by atoms with Crippen molar-refractivity contribution in [2.24, 2.45) is 0 Å². The third-order valence-electron chi connectivity index (χ3n) is 2.12. The summed E-state index contributed by atoms with van der Waals surface area (Å²) in [5, 5.41) is 2.63. The minimum Gasteiger partial charge on any atom is -0.477 e. The van der Waals surface area contributed by atoms with E-state index in [1.165, 1.54) is 6.92 Å². The first-order chi connectivity index (χ1) is 8.54. The molecule has 0 saturated carbocycles. The molecule has 0 spiro atoms. The minimum atomic E-state index is -0.722. The number of hydrogen-bond donors (Lipinski definition) is 1. The number of carbonyl (C=O) groups excluding carboxylic acids is 2. The predicted molar refractivity (Wildman–Crippen MR) is 67.5 cm³/mol. The monoisotopic (exact) mass is 251 g/mol. The Hall–Kier alpha value is -2.04. The molecule has 1 rings (SSSR count). The molecule has 18 heavy (non-hydrogen) atoms. The van der Waals surface area contributed by atoms with Gasteiger partial charge in [0.15, 0.2) is 6.10 Å². The van der Waals surface area contributed by atoms with Gasteiger partial charge in [0.1, 0.15) is 5.75 Å². The lowest BCUT2D eigenvalue weighted by Crippen LogP contribution is -2.26. The molecular weight excluding hydrogens is 234 g/mol. The normalized spacial score (nSPS) is 11.5. The van der Waals surface area contributed by atoms with Crippen LogP contribution in [0.15, 0.2) is 24.3 Å². The highest BCUT2D eigenvalue weighted by Crippen LogP contribution is 2.24. The summed E-state index contributed by atoms with van der Waals surface area (Å²) >= 11 is 0. The molecule has 0 saturated heterocycles. The van der Waals surface area contributed by atoms with Crippen molar-refractivity contribution in [1.82, 2.24) is 0 Å². The molecule has 0 aliphatic carbocycles. The van der Waals surface area contributed by atoms with Crippen molar-refractivity contribution in [3.8, 4) is 5.75 Å². The number of esters is 1. The highest BCUT2D eigenvalue weighted by Gasteiger charge is 2.17. The van der Waals surface area contributed by atoms with Crippen LogP contribution in [0.1, 0.15) is 20.8 Å². The standard InChI is InChI=1S/C13H17NO4/c1-4-17-13(16)9(2)18-12-8-6-5-7-11(12)14-10(3)15/h5-9H,4H2,1-3H3,(H,14,15). The van der Waals surface area contributed by atoms with Gasteiger partial charge >= 0.3 is 5.97 Å². The lowest BCUT2D eigenvalue weighted by Gasteiger charge is -2.16. The van der Waals surface area contributed by atoms with Crippen LogP contribution in [0.3, 0.4) is 0 Å². The lowest BCUT2D eigenvalue weighted by atomic mass is 10.3. The van der Waals surface area contributed by atoms with Gasteiger partial charge in [0.05, 0.1) is 12.3 Å². The molecule has 0 aliphatic heterocycles. The molecule has 1 atom stereocenters. The zero-order chi connectivity index (χ0) is 13.5. The molecule has 0 radical (unpaired) electrons. The van der Waals surface area contributed by atoms with Crippen LogP contribution in [0.4, 0.5) is 5.69 Å². The van der Waals surface area contributed by atoms with Crippen molar-refractivity contribution in [2.75, 3.05) is 11.9 Å². The Morgan fingerprint density at radius 3 is 2.61 bits per heavy atom. The summed E-state index contributed by atoms with van der Waals surface area (Å²) in [5.41, 5.74) is 0.529. The average molecular weight is 251 g/mol. The van der Waals surface area contributed by atoms with E-state index in [1.54, 1.807) is 38.1 Å². The second kappa shape index (κ2) is 6.64. The fourth-order valence-corrected chi connectivity index (χ4v) is 1.36. The summed E-state index contributed by atoms with van der Waals surface area (Å²) in [7, 11) is 0. The SMILES string of the molecule is CCOC(=O)C(C)Oc1ccccc1NC(C)=O. The molecule has 98 valence electrons. The van der Waals surface area contributed by atoms with Gasteiger partial charge in [0.25, 0.3) is 0 Å². The van der Waals surface area contributed by atoms with Crippen molar-refractivity contribution in [1.29, 1.82) is 0 Å². The maximum absolute atomic E-state index is 11.4. The Labute approximate surface area is 106 Å². The lowest BCUT2D eigenvalue weighted by molar-refractivity contribution is -0.150. The molecule has 0 heterocycles. The summed E-state index contributed by atoms with van der Waals surface area (Å²) in [6.45, 7) is 5.05. The van der Waals surface area contributed by atoms with Gasteiger partial charge in [0, 0.05) is 6.92 Å². The van der Waals surface area contributed by atoms with Crippen LogP contribution in [-0.2, 0) is 14.3 Å². The summed E-state index contributed by atoms with van der Waals surface area (Å²) in [6, 6.07) is 6.92. The third kappa shape index (κ3) is 4.08. The Morgan fingerprint density at radius 1 is 1.33 bits per heavy atom. The van der Waals surface area contributed by atoms with E-state index in [1.807, 2.05) is 0 Å². The minimum absolute atomic E-state index is 0.199. The fourth-order valence-electron chi connectivity index (χ4n) is 1.36. The molecule has 5 nitrogen and oxygen atoms in total. The van der Waals surface area contributed by atoms with Gasteiger partial charge in [-0.3, -0.25) is 4.79 Å². The van der Waals surface area contributed by atoms with E-state index in [4.69, 9.17) is 9.47 Å². The van der Waals surface area contributed by atoms with Gasteiger partial charge < -0.3 is 14.8 Å². The van der Waals surface area contributed by atoms with Crippen LogP contribution in [-0.4, -0.2) is 24.6 Å². The molecule has 0 fully saturated rings. The smallest absolute Gasteiger partial charge is 0.347 e. The Bertz CT molecular complexity index is 431. The molecule has 1 amide bonds. The molecule has 1 aromatic carbocycles. The highest BCUT2D eigenvalue weighted by molar-refractivity contribution is 5.90. The number of anilines is 1. The molecule has 0 aromatic heterocycles. The molecule has 0 aliphatic rings. The van der Waals surface area contributed by atoms with Gasteiger partial charge in [-0.05, 0) is 26.0 Å². The maximum atomic E-state index is 11.4. The van der Waals surface area contributed by atoms with Crippen LogP contribution in [0.25, 0.3) is 0 Å². The average Bonchev–Trinajstić information content (AvgIpc) is 2.31. The van der Waals surface area contributed by atoms with Gasteiger partial charge in [-0.15, -0.1) is 0 Å². The molecule has 1 N–H and O–H groups in total. The molecule has 5 heteroatoms. The zero-order valence-corrected chi connectivity index (χ0v) is 10.7. The van der Waals surface area contributed by atoms with Gasteiger partial charge in [-0.25, -0.2) is 4.79 Å². The van der Waals surface area contributed by atoms with Gasteiger partial charge in [-0.1, -0.05) is 12.1 Å². The van der Waals surface area contributed by atoms with Crippen LogP contribution >= 0.6 is 0 Å². The van der Waals surface area contributed by atoms with Crippen molar-refractivity contribution < 1.29 is 19.1 Å². The second-order valence-corrected chi connectivity index (χ2v) is 3.69. The van der Waals surface area contributed by atoms with Crippen LogP contribution < -0.4 is 10.1 Å². The number of nitrogens with one attached hydrogen (secondary N) is 1. The van der Waals surface area contributed by atoms with E-state index < -0.39 is 12.1 Å². The number of amides is 1. The number of carbonyl (C=O) groups is 2. The summed E-state index contributed by atoms with van der Waals surface area (Å²) in [4.78, 5) is 22.5. The van der Waals surface area contributed by atoms with Crippen LogP contribution in [0.2, 0.25) is 0 Å². The van der Waals surface area contributed by atoms with E-state index >= 15 is 0 Å². The van der Waals surface area contributed by atoms with E-state index in [9.17, 15) is 9.59 Å². The number of ether oxygens (including phenoxy) is 2. The van der Waals surface area contributed by atoms with Crippen molar-refractivity contribution in [2.45, 2.75) is 26.9 Å². The number of para-hydroxylation sites is 2. The number of rotatable bonds is 5. The predicted octanol–water partition coefficient (Wildman–Crippen LogP) is 1.98. The van der Waals surface area contributed by atoms with Gasteiger partial charge in [-0.2, -0.15) is 0 Å². The third-order valence-corrected chi connectivity index (χ3v) is 2.12. The van der Waals surface area contributed by atoms with Gasteiger partial charge in [0.2, 0.25) is 5.91 Å². The summed E-state index contributed by atoms with van der Waals surface area (Å²) in [5.74, 6) is -0.196. The first-order valence-electron chi connectivity index (χ1n) is 5.74. The molecule has 1 unspecified atom stereocenters. The Kier molecular flexibility index (Phi) is 5.17. The zero-order valence-electron chi connectivity index (χ0n) is 10.7. The molecule has 1 aromatic rings. The quantitative estimate of drug-likeness (QED) is 0.813. The van der Waals surface area contributed by atoms with Crippen LogP contribution in [0, 0.1) is 0 Å². The van der Waals surface area contributed by atoms with E-state index in [0.29, 0.717) is 18.0 Å². The van der Waals surface area contributed by atoms with E-state index in [2.05, 4.69) is 5.32 Å². The van der Waals surface area contributed by atoms with Crippen molar-refractivity contribution >= 4 is 17.6 Å². The van der Waals surface area contributed by atoms with Crippen molar-refractivity contribution in [3.05, 3.63) is 24.3 Å². The van der Waals surface area contributed by atoms with Crippen molar-refractivity contribution in [3.63, 3.8) is 0 Å². The first-order valence-corrected chi connectivity index (χ1v) is 5.74. The first kappa shape index (κ1) is 14.0. The van der Waals surface area contributed by atoms with E-state index in [-0.39, 0.29) is 5.91 Å².